The molecule has 8 atom stereocenters. The van der Waals surface area contributed by atoms with Gasteiger partial charge < -0.3 is 14.9 Å². The summed E-state index contributed by atoms with van der Waals surface area (Å²) < 4.78 is 32.5. The summed E-state index contributed by atoms with van der Waals surface area (Å²) in [7, 11) is -4.79. The average Bonchev–Trinajstić information content (AvgIpc) is 2.91. The number of hydrogen-bond donors (Lipinski definition) is 3. The molecule has 0 aliphatic heterocycles. The number of phosphoric ester groups is 1. The second-order valence-electron chi connectivity index (χ2n) is 10.3. The first kappa shape index (κ1) is 23.0. The van der Waals surface area contributed by atoms with Gasteiger partial charge in [-0.1, -0.05) is 25.5 Å². The minimum atomic E-state index is -4.79. The summed E-state index contributed by atoms with van der Waals surface area (Å²) >= 11 is 0. The van der Waals surface area contributed by atoms with Crippen LogP contribution in [0.3, 0.4) is 0 Å². The Morgan fingerprint density at radius 1 is 1.32 bits per heavy atom. The molecule has 0 aromatic heterocycles. The Labute approximate surface area is 181 Å². The smallest absolute Gasteiger partial charge is 0.390 e. The van der Waals surface area contributed by atoms with Crippen molar-refractivity contribution in [2.75, 3.05) is 6.61 Å². The highest BCUT2D eigenvalue weighted by atomic mass is 31.2. The molecular formula is C22H30FO7P. The molecule has 9 heteroatoms. The Balaban J connectivity index is 1.69. The zero-order valence-corrected chi connectivity index (χ0v) is 18.8. The van der Waals surface area contributed by atoms with E-state index in [1.165, 1.54) is 12.2 Å². The van der Waals surface area contributed by atoms with Crippen LogP contribution in [0.1, 0.15) is 46.5 Å². The van der Waals surface area contributed by atoms with Gasteiger partial charge in [-0.2, -0.15) is 0 Å². The number of phosphoric acid groups is 1. The average molecular weight is 456 g/mol. The fourth-order valence-electron chi connectivity index (χ4n) is 7.50. The predicted molar refractivity (Wildman–Crippen MR) is 109 cm³/mol. The first-order chi connectivity index (χ1) is 14.2. The molecule has 7 nitrogen and oxygen atoms in total. The Morgan fingerprint density at radius 2 is 2.00 bits per heavy atom. The molecule has 4 rings (SSSR count). The first-order valence-electron chi connectivity index (χ1n) is 10.8. The summed E-state index contributed by atoms with van der Waals surface area (Å²) in [6.45, 7) is 4.82. The van der Waals surface area contributed by atoms with E-state index in [2.05, 4.69) is 4.52 Å². The van der Waals surface area contributed by atoms with Gasteiger partial charge in [-0.25, -0.2) is 8.96 Å². The van der Waals surface area contributed by atoms with E-state index in [1.54, 1.807) is 13.0 Å². The second-order valence-corrected chi connectivity index (χ2v) is 11.5. The van der Waals surface area contributed by atoms with E-state index in [0.29, 0.717) is 24.8 Å². The van der Waals surface area contributed by atoms with Crippen molar-refractivity contribution >= 4 is 19.4 Å². The van der Waals surface area contributed by atoms with Gasteiger partial charge in [0.1, 0.15) is 6.61 Å². The molecule has 3 fully saturated rings. The standard InChI is InChI=1S/C22H30FO7P/c1-12-8-16-15-5-4-13-9-14(24)6-7-21(13,3)22(15,23)18(26)10-20(16,2)19(12)17(25)11-30-31(27,28)29/h6-7,9,12,15-16,18-19,26H,4-5,8,10-11H2,1-3H3,(H2,27,28,29)/t12-,15+,16+,18+,19-,20+,21+,22+/m1/s1. The van der Waals surface area contributed by atoms with Gasteiger partial charge in [0.05, 0.1) is 6.10 Å². The molecule has 0 spiro atoms. The van der Waals surface area contributed by atoms with Crippen LogP contribution >= 0.6 is 7.82 Å². The van der Waals surface area contributed by atoms with Crippen LogP contribution in [0.2, 0.25) is 0 Å². The highest BCUT2D eigenvalue weighted by Crippen LogP contribution is 2.69. The first-order valence-corrected chi connectivity index (χ1v) is 12.3. The molecular weight excluding hydrogens is 426 g/mol. The SMILES string of the molecule is C[C@@H]1C[C@H]2[C@@H]3CCC4=CC(=O)C=C[C@]4(C)[C@@]3(F)[C@@H](O)C[C@]2(C)[C@H]1C(=O)COP(=O)(O)O. The van der Waals surface area contributed by atoms with Crippen LogP contribution in [0.5, 0.6) is 0 Å². The van der Waals surface area contributed by atoms with Gasteiger partial charge in [-0.15, -0.1) is 0 Å². The molecule has 0 aromatic rings. The molecule has 0 saturated heterocycles. The Morgan fingerprint density at radius 3 is 2.65 bits per heavy atom. The number of ketones is 2. The summed E-state index contributed by atoms with van der Waals surface area (Å²) in [6, 6.07) is 0. The summed E-state index contributed by atoms with van der Waals surface area (Å²) in [5.74, 6) is -1.99. The number of aliphatic hydroxyl groups is 1. The maximum absolute atomic E-state index is 17.0. The van der Waals surface area contributed by atoms with Crippen LogP contribution in [-0.4, -0.2) is 44.8 Å². The van der Waals surface area contributed by atoms with Crippen LogP contribution in [0, 0.1) is 34.5 Å². The summed E-state index contributed by atoms with van der Waals surface area (Å²) in [4.78, 5) is 42.8. The molecule has 172 valence electrons. The number of aliphatic hydroxyl groups excluding tert-OH is 1. The lowest BCUT2D eigenvalue weighted by atomic mass is 9.45. The number of carbonyl (C=O) groups is 2. The third-order valence-electron chi connectivity index (χ3n) is 8.70. The van der Waals surface area contributed by atoms with Crippen molar-refractivity contribution in [2.24, 2.45) is 34.5 Å². The Bertz CT molecular complexity index is 925. The van der Waals surface area contributed by atoms with E-state index < -0.39 is 54.7 Å². The molecule has 0 radical (unpaired) electrons. The number of allylic oxidation sites excluding steroid dienone is 4. The maximum Gasteiger partial charge on any atom is 0.470 e. The minimum absolute atomic E-state index is 0.0615. The summed E-state index contributed by atoms with van der Waals surface area (Å²) in [5.41, 5.74) is -3.05. The third kappa shape index (κ3) is 3.25. The molecule has 3 N–H and O–H groups in total. The Kier molecular flexibility index (Phi) is 5.31. The minimum Gasteiger partial charge on any atom is -0.390 e. The lowest BCUT2D eigenvalue weighted by Crippen LogP contribution is -2.66. The molecule has 0 amide bonds. The van der Waals surface area contributed by atoms with E-state index >= 15 is 4.39 Å². The number of alkyl halides is 1. The van der Waals surface area contributed by atoms with Crippen molar-refractivity contribution in [1.82, 2.24) is 0 Å². The number of rotatable bonds is 4. The number of Topliss-reactive ketones (excluding diaryl/α,β-unsaturated/α-hetero) is 1. The van der Waals surface area contributed by atoms with Crippen LogP contribution in [0.25, 0.3) is 0 Å². The molecule has 0 unspecified atom stereocenters. The second kappa shape index (κ2) is 7.16. The zero-order valence-electron chi connectivity index (χ0n) is 18.0. The van der Waals surface area contributed by atoms with Gasteiger partial charge in [-0.05, 0) is 62.0 Å². The summed E-state index contributed by atoms with van der Waals surface area (Å²) in [6.07, 6.45) is 4.79. The maximum atomic E-state index is 17.0. The molecule has 31 heavy (non-hydrogen) atoms. The van der Waals surface area contributed by atoms with E-state index in [9.17, 15) is 19.3 Å². The van der Waals surface area contributed by atoms with Crippen molar-refractivity contribution in [3.63, 3.8) is 0 Å². The van der Waals surface area contributed by atoms with E-state index in [4.69, 9.17) is 9.79 Å². The number of halogens is 1. The zero-order chi connectivity index (χ0) is 23.0. The molecule has 4 aliphatic carbocycles. The van der Waals surface area contributed by atoms with Crippen LogP contribution < -0.4 is 0 Å². The van der Waals surface area contributed by atoms with Crippen molar-refractivity contribution in [3.8, 4) is 0 Å². The van der Waals surface area contributed by atoms with Gasteiger partial charge in [0.25, 0.3) is 0 Å². The van der Waals surface area contributed by atoms with Crippen molar-refractivity contribution < 1.29 is 38.0 Å². The largest absolute Gasteiger partial charge is 0.470 e. The van der Waals surface area contributed by atoms with Crippen LogP contribution in [0.15, 0.2) is 23.8 Å². The van der Waals surface area contributed by atoms with Gasteiger partial charge in [0.2, 0.25) is 0 Å². The highest BCUT2D eigenvalue weighted by Gasteiger charge is 2.71. The highest BCUT2D eigenvalue weighted by molar-refractivity contribution is 7.46. The lowest BCUT2D eigenvalue weighted by molar-refractivity contribution is -0.195. The number of fused-ring (bicyclic) bond motifs is 5. The summed E-state index contributed by atoms with van der Waals surface area (Å²) in [5, 5.41) is 11.2. The monoisotopic (exact) mass is 456 g/mol. The van der Waals surface area contributed by atoms with Gasteiger partial charge >= 0.3 is 7.82 Å². The topological polar surface area (TPSA) is 121 Å². The lowest BCUT2D eigenvalue weighted by Gasteiger charge is -2.62. The molecule has 0 aromatic carbocycles. The van der Waals surface area contributed by atoms with Gasteiger partial charge in [-0.3, -0.25) is 14.1 Å². The molecule has 4 aliphatic rings. The van der Waals surface area contributed by atoms with E-state index in [1.807, 2.05) is 13.8 Å². The molecule has 3 saturated carbocycles. The predicted octanol–water partition coefficient (Wildman–Crippen LogP) is 2.90. The van der Waals surface area contributed by atoms with Crippen molar-refractivity contribution in [2.45, 2.75) is 58.2 Å². The van der Waals surface area contributed by atoms with Crippen molar-refractivity contribution in [1.29, 1.82) is 0 Å². The van der Waals surface area contributed by atoms with Gasteiger partial charge in [0.15, 0.2) is 17.2 Å². The van der Waals surface area contributed by atoms with Crippen LogP contribution in [-0.2, 0) is 18.7 Å². The third-order valence-corrected chi connectivity index (χ3v) is 9.17. The van der Waals surface area contributed by atoms with Crippen molar-refractivity contribution in [3.05, 3.63) is 23.8 Å². The molecule has 0 bridgehead atoms. The fraction of sp³-hybridized carbons (Fsp3) is 0.727. The normalized spacial score (nSPS) is 46.7. The quantitative estimate of drug-likeness (QED) is 0.556. The van der Waals surface area contributed by atoms with Crippen LogP contribution in [0.4, 0.5) is 4.39 Å². The van der Waals surface area contributed by atoms with E-state index in [-0.39, 0.29) is 24.0 Å². The number of hydrogen-bond acceptors (Lipinski definition) is 5. The molecule has 0 heterocycles. The van der Waals surface area contributed by atoms with Gasteiger partial charge in [0, 0.05) is 17.3 Å². The number of carbonyl (C=O) groups excluding carboxylic acids is 2. The Hall–Kier alpha value is -1.18. The fourth-order valence-corrected chi connectivity index (χ4v) is 7.80. The van der Waals surface area contributed by atoms with E-state index in [0.717, 1.165) is 0 Å².